The number of carbonyl (C=O) groups excluding carboxylic acids is 3. The highest BCUT2D eigenvalue weighted by molar-refractivity contribution is 6.61. The highest BCUT2D eigenvalue weighted by Gasteiger charge is 2.58. The van der Waals surface area contributed by atoms with Gasteiger partial charge in [0.25, 0.3) is 0 Å². The van der Waals surface area contributed by atoms with E-state index in [0.29, 0.717) is 42.6 Å². The van der Waals surface area contributed by atoms with Crippen LogP contribution in [-0.4, -0.2) is 60.4 Å². The Morgan fingerprint density at radius 3 is 2.61 bits per heavy atom. The maximum absolute atomic E-state index is 13.4. The maximum Gasteiger partial charge on any atom is 0.492 e. The minimum absolute atomic E-state index is 0.00791. The van der Waals surface area contributed by atoms with Gasteiger partial charge in [-0.05, 0) is 85.9 Å². The van der Waals surface area contributed by atoms with Gasteiger partial charge in [-0.25, -0.2) is 4.79 Å². The largest absolute Gasteiger partial charge is 0.492 e. The van der Waals surface area contributed by atoms with Gasteiger partial charge in [0.1, 0.15) is 17.6 Å². The summed E-state index contributed by atoms with van der Waals surface area (Å²) in [6.45, 7) is 16.2. The van der Waals surface area contributed by atoms with Crippen molar-refractivity contribution in [3.63, 3.8) is 0 Å². The summed E-state index contributed by atoms with van der Waals surface area (Å²) in [4.78, 5) is 37.7. The lowest BCUT2D eigenvalue weighted by atomic mass is 9.47. The van der Waals surface area contributed by atoms with E-state index in [0.717, 1.165) is 32.1 Å². The number of rotatable bonds is 13. The molecule has 0 amide bonds. The quantitative estimate of drug-likeness (QED) is 0.129. The number of hydrogen-bond acceptors (Lipinski definition) is 9. The van der Waals surface area contributed by atoms with Gasteiger partial charge < -0.3 is 33.8 Å². The molecule has 9 nitrogen and oxygen atoms in total. The summed E-state index contributed by atoms with van der Waals surface area (Å²) in [7, 11) is -1.23. The molecule has 1 unspecified atom stereocenters. The average molecular weight is 641 g/mol. The van der Waals surface area contributed by atoms with Crippen molar-refractivity contribution in [2.24, 2.45) is 28.1 Å². The SMILES string of the molecule is C=C[C@]1(C)C[C@@H](OC(=O)COc2ccc3c(c2)B(O)OC3CC(=O)OCCCC)[C@@]2(C)C[C@](CCC(C)=O)(CC[C@H]2C)[C@@H](C)[C@@H]1O. The second kappa shape index (κ2) is 14.6. The Bertz CT molecular complexity index is 1280. The molecule has 8 atom stereocenters. The maximum atomic E-state index is 13.4. The molecule has 2 N–H and O–H groups in total. The molecule has 1 heterocycles. The van der Waals surface area contributed by atoms with E-state index in [9.17, 15) is 24.5 Å². The molecule has 0 spiro atoms. The predicted octanol–water partition coefficient (Wildman–Crippen LogP) is 5.24. The molecule has 2 aliphatic carbocycles. The topological polar surface area (TPSA) is 129 Å². The Hall–Kier alpha value is -2.69. The zero-order valence-electron chi connectivity index (χ0n) is 28.5. The molecule has 1 aromatic carbocycles. The third-order valence-electron chi connectivity index (χ3n) is 11.6. The van der Waals surface area contributed by atoms with E-state index in [1.165, 1.54) is 0 Å². The lowest BCUT2D eigenvalue weighted by Crippen LogP contribution is -2.58. The van der Waals surface area contributed by atoms with Crippen molar-refractivity contribution in [3.05, 3.63) is 36.4 Å². The molecule has 1 aliphatic heterocycles. The van der Waals surface area contributed by atoms with Crippen LogP contribution in [0.1, 0.15) is 111 Å². The van der Waals surface area contributed by atoms with Crippen LogP contribution in [0.2, 0.25) is 0 Å². The first kappa shape index (κ1) is 36.2. The second-order valence-corrected chi connectivity index (χ2v) is 14.6. The lowest BCUT2D eigenvalue weighted by molar-refractivity contribution is -0.190. The number of carbonyl (C=O) groups is 3. The highest BCUT2D eigenvalue weighted by Crippen LogP contribution is 2.62. The summed E-state index contributed by atoms with van der Waals surface area (Å²) in [6, 6.07) is 5.03. The van der Waals surface area contributed by atoms with Crippen molar-refractivity contribution in [1.29, 1.82) is 0 Å². The molecule has 4 rings (SSSR count). The number of esters is 2. The summed E-state index contributed by atoms with van der Waals surface area (Å²) in [6.07, 6.45) is 5.76. The summed E-state index contributed by atoms with van der Waals surface area (Å²) in [5.74, 6) is -0.227. The van der Waals surface area contributed by atoms with Crippen LogP contribution < -0.4 is 10.2 Å². The van der Waals surface area contributed by atoms with Crippen LogP contribution in [0, 0.1) is 28.1 Å². The van der Waals surface area contributed by atoms with E-state index in [4.69, 9.17) is 18.9 Å². The molecular weight excluding hydrogens is 587 g/mol. The fourth-order valence-corrected chi connectivity index (χ4v) is 8.07. The zero-order chi connectivity index (χ0) is 33.9. The van der Waals surface area contributed by atoms with Crippen molar-refractivity contribution in [2.45, 2.75) is 118 Å². The number of aliphatic hydroxyl groups is 1. The van der Waals surface area contributed by atoms with Crippen LogP contribution in [0.3, 0.4) is 0 Å². The van der Waals surface area contributed by atoms with Crippen molar-refractivity contribution in [2.75, 3.05) is 13.2 Å². The van der Waals surface area contributed by atoms with Crippen LogP contribution in [0.25, 0.3) is 0 Å². The molecule has 46 heavy (non-hydrogen) atoms. The summed E-state index contributed by atoms with van der Waals surface area (Å²) in [5, 5.41) is 22.3. The normalized spacial score (nSPS) is 33.7. The van der Waals surface area contributed by atoms with E-state index in [1.807, 2.05) is 13.8 Å². The molecule has 254 valence electrons. The third kappa shape index (κ3) is 7.55. The summed E-state index contributed by atoms with van der Waals surface area (Å²) >= 11 is 0. The average Bonchev–Trinajstić information content (AvgIpc) is 3.32. The standard InChI is InChI=1S/C36H53BO9/c1-8-10-17-43-31(39)19-29-27-12-11-26(18-28(27)37(42)46-29)44-21-32(40)45-30-20-34(6,9-2)33(41)25(5)36(16-14-24(4)38)15-13-23(3)35(30,7)22-36/h9,11-12,18,23,25,29-30,33,41-42H,2,8,10,13-17,19-22H2,1,3-7H3/t23-,25+,29?,30-,33+,34-,35+,36-/m1/s1. The first-order chi connectivity index (χ1) is 21.7. The molecule has 10 heteroatoms. The number of hydrogen-bond donors (Lipinski definition) is 2. The van der Waals surface area contributed by atoms with Gasteiger partial charge in [-0.1, -0.05) is 53.2 Å². The van der Waals surface area contributed by atoms with Crippen LogP contribution >= 0.6 is 0 Å². The Morgan fingerprint density at radius 2 is 1.93 bits per heavy atom. The Morgan fingerprint density at radius 1 is 1.20 bits per heavy atom. The first-order valence-electron chi connectivity index (χ1n) is 16.9. The van der Waals surface area contributed by atoms with Crippen LogP contribution in [0.5, 0.6) is 5.75 Å². The number of Topliss-reactive ketones (excluding diaryl/α,β-unsaturated/α-hetero) is 1. The van der Waals surface area contributed by atoms with Crippen molar-refractivity contribution in [1.82, 2.24) is 0 Å². The third-order valence-corrected chi connectivity index (χ3v) is 11.6. The molecule has 1 aromatic rings. The highest BCUT2D eigenvalue weighted by atomic mass is 16.6. The Labute approximate surface area is 274 Å². The monoisotopic (exact) mass is 640 g/mol. The fraction of sp³-hybridized carbons (Fsp3) is 0.694. The smallest absolute Gasteiger partial charge is 0.482 e. The molecular formula is C36H53BO9. The van der Waals surface area contributed by atoms with Gasteiger partial charge in [0.15, 0.2) is 6.61 Å². The number of ether oxygens (including phenoxy) is 3. The number of aliphatic hydroxyl groups excluding tert-OH is 1. The number of benzene rings is 1. The van der Waals surface area contributed by atoms with Crippen molar-refractivity contribution in [3.8, 4) is 5.75 Å². The van der Waals surface area contributed by atoms with Gasteiger partial charge in [-0.2, -0.15) is 0 Å². The number of fused-ring (bicyclic) bond motifs is 3. The van der Waals surface area contributed by atoms with Gasteiger partial charge >= 0.3 is 19.1 Å². The fourth-order valence-electron chi connectivity index (χ4n) is 8.07. The van der Waals surface area contributed by atoms with Crippen LogP contribution in [-0.2, 0) is 28.5 Å². The summed E-state index contributed by atoms with van der Waals surface area (Å²) < 4.78 is 23.0. The molecule has 0 radical (unpaired) electrons. The van der Waals surface area contributed by atoms with Gasteiger partial charge in [-0.3, -0.25) is 4.79 Å². The van der Waals surface area contributed by atoms with Crippen molar-refractivity contribution >= 4 is 30.3 Å². The van der Waals surface area contributed by atoms with Crippen LogP contribution in [0.4, 0.5) is 0 Å². The molecule has 2 fully saturated rings. The van der Waals surface area contributed by atoms with Crippen molar-refractivity contribution < 1.29 is 43.4 Å². The van der Waals surface area contributed by atoms with Gasteiger partial charge in [-0.15, -0.1) is 6.58 Å². The number of unbranched alkanes of at least 4 members (excludes halogenated alkanes) is 1. The Balaban J connectivity index is 1.48. The molecule has 3 aliphatic rings. The zero-order valence-corrected chi connectivity index (χ0v) is 28.5. The second-order valence-electron chi connectivity index (χ2n) is 14.6. The van der Waals surface area contributed by atoms with E-state index in [1.54, 1.807) is 31.2 Å². The molecule has 0 saturated heterocycles. The van der Waals surface area contributed by atoms with E-state index in [2.05, 4.69) is 27.4 Å². The van der Waals surface area contributed by atoms with E-state index in [-0.39, 0.29) is 47.4 Å². The van der Waals surface area contributed by atoms with Gasteiger partial charge in [0.2, 0.25) is 0 Å². The minimum atomic E-state index is -1.23. The minimum Gasteiger partial charge on any atom is -0.482 e. The first-order valence-corrected chi connectivity index (χ1v) is 16.9. The van der Waals surface area contributed by atoms with E-state index >= 15 is 0 Å². The predicted molar refractivity (Wildman–Crippen MR) is 175 cm³/mol. The van der Waals surface area contributed by atoms with E-state index < -0.39 is 36.8 Å². The molecule has 2 saturated carbocycles. The Kier molecular flexibility index (Phi) is 11.5. The van der Waals surface area contributed by atoms with Gasteiger partial charge in [0.05, 0.1) is 25.2 Å². The van der Waals surface area contributed by atoms with Crippen LogP contribution in [0.15, 0.2) is 30.9 Å². The molecule has 2 bridgehead atoms. The van der Waals surface area contributed by atoms with Gasteiger partial charge in [0, 0.05) is 17.3 Å². The summed E-state index contributed by atoms with van der Waals surface area (Å²) in [5.41, 5.74) is -0.206. The lowest BCUT2D eigenvalue weighted by Gasteiger charge is -2.60. The number of ketones is 1. The molecule has 0 aromatic heterocycles.